The molecule has 2 aromatic rings. The molecule has 7 nitrogen and oxygen atoms in total. The third-order valence-corrected chi connectivity index (χ3v) is 3.12. The average molecular weight is 302 g/mol. The minimum Gasteiger partial charge on any atom is -0.455 e. The van der Waals surface area contributed by atoms with Crippen molar-refractivity contribution in [2.24, 2.45) is 0 Å². The van der Waals surface area contributed by atoms with Crippen molar-refractivity contribution in [3.63, 3.8) is 0 Å². The third-order valence-electron chi connectivity index (χ3n) is 3.12. The molecule has 1 saturated heterocycles. The van der Waals surface area contributed by atoms with Gasteiger partial charge in [-0.05, 0) is 31.2 Å². The predicted octanol–water partition coefficient (Wildman–Crippen LogP) is 2.17. The summed E-state index contributed by atoms with van der Waals surface area (Å²) in [4.78, 5) is 4.07. The molecule has 7 heteroatoms. The van der Waals surface area contributed by atoms with Gasteiger partial charge < -0.3 is 31.0 Å². The number of hydrogen-bond donors (Lipinski definition) is 3. The van der Waals surface area contributed by atoms with Gasteiger partial charge in [-0.1, -0.05) is 0 Å². The van der Waals surface area contributed by atoms with Crippen molar-refractivity contribution >= 4 is 17.2 Å². The Bertz CT molecular complexity index is 648. The molecule has 1 aliphatic rings. The lowest BCUT2D eigenvalue weighted by molar-refractivity contribution is 0.0593. The minimum absolute atomic E-state index is 0.250. The van der Waals surface area contributed by atoms with Gasteiger partial charge in [0.2, 0.25) is 6.29 Å². The summed E-state index contributed by atoms with van der Waals surface area (Å²) in [7, 11) is 0. The second-order valence-electron chi connectivity index (χ2n) is 4.77. The molecule has 0 spiro atoms. The van der Waals surface area contributed by atoms with Crippen LogP contribution in [-0.4, -0.2) is 24.1 Å². The normalized spacial score (nSPS) is 19.7. The number of benzene rings is 1. The highest BCUT2D eigenvalue weighted by atomic mass is 16.8. The standard InChI is InChI=1S/C15H18N4O3/c1-2-20-15-14(22-15)19-12-11(7-8-18-13(12)17)21-10-5-3-9(16)4-6-10/h3-8,14-15,19H,2,16H2,1H3,(H2,17,18). The Morgan fingerprint density at radius 3 is 2.73 bits per heavy atom. The van der Waals surface area contributed by atoms with Crippen molar-refractivity contribution in [1.29, 1.82) is 0 Å². The molecule has 2 atom stereocenters. The molecule has 0 amide bonds. The van der Waals surface area contributed by atoms with E-state index in [9.17, 15) is 0 Å². The molecule has 3 rings (SSSR count). The van der Waals surface area contributed by atoms with Crippen LogP contribution in [0, 0.1) is 0 Å². The number of anilines is 3. The van der Waals surface area contributed by atoms with E-state index in [1.165, 1.54) is 0 Å². The number of nitrogen functional groups attached to an aromatic ring is 2. The van der Waals surface area contributed by atoms with Crippen LogP contribution in [0.2, 0.25) is 0 Å². The predicted molar refractivity (Wildman–Crippen MR) is 83.5 cm³/mol. The molecule has 0 aliphatic carbocycles. The summed E-state index contributed by atoms with van der Waals surface area (Å²) in [6.45, 7) is 2.49. The van der Waals surface area contributed by atoms with Crippen LogP contribution in [0.25, 0.3) is 0 Å². The lowest BCUT2D eigenvalue weighted by Gasteiger charge is -2.13. The van der Waals surface area contributed by atoms with Gasteiger partial charge in [0, 0.05) is 24.6 Å². The largest absolute Gasteiger partial charge is 0.455 e. The molecule has 0 bridgehead atoms. The molecule has 116 valence electrons. The van der Waals surface area contributed by atoms with E-state index in [0.717, 1.165) is 0 Å². The van der Waals surface area contributed by atoms with Crippen LogP contribution in [0.3, 0.4) is 0 Å². The summed E-state index contributed by atoms with van der Waals surface area (Å²) in [5, 5.41) is 3.13. The van der Waals surface area contributed by atoms with Crippen LogP contribution in [0.4, 0.5) is 17.2 Å². The summed E-state index contributed by atoms with van der Waals surface area (Å²) in [6, 6.07) is 8.83. The zero-order valence-corrected chi connectivity index (χ0v) is 12.2. The Hall–Kier alpha value is -2.51. The first-order valence-corrected chi connectivity index (χ1v) is 6.99. The monoisotopic (exact) mass is 302 g/mol. The van der Waals surface area contributed by atoms with Gasteiger partial charge in [-0.3, -0.25) is 0 Å². The number of nitrogens with zero attached hydrogens (tertiary/aromatic N) is 1. The number of hydrogen-bond acceptors (Lipinski definition) is 7. The average Bonchev–Trinajstić information content (AvgIpc) is 3.23. The van der Waals surface area contributed by atoms with Crippen LogP contribution >= 0.6 is 0 Å². The first-order valence-electron chi connectivity index (χ1n) is 6.99. The molecular weight excluding hydrogens is 284 g/mol. The van der Waals surface area contributed by atoms with E-state index in [0.29, 0.717) is 35.3 Å². The maximum Gasteiger partial charge on any atom is 0.205 e. The van der Waals surface area contributed by atoms with E-state index in [1.807, 2.05) is 6.92 Å². The number of rotatable bonds is 6. The van der Waals surface area contributed by atoms with Gasteiger partial charge in [0.25, 0.3) is 0 Å². The molecule has 1 fully saturated rings. The van der Waals surface area contributed by atoms with E-state index in [-0.39, 0.29) is 12.5 Å². The highest BCUT2D eigenvalue weighted by Gasteiger charge is 2.40. The number of nitrogens with one attached hydrogen (secondary N) is 1. The summed E-state index contributed by atoms with van der Waals surface area (Å²) in [5.74, 6) is 1.54. The number of aromatic nitrogens is 1. The van der Waals surface area contributed by atoms with Crippen molar-refractivity contribution in [3.05, 3.63) is 36.5 Å². The molecule has 1 aromatic heterocycles. The Kier molecular flexibility index (Phi) is 3.99. The quantitative estimate of drug-likeness (QED) is 0.554. The fourth-order valence-corrected chi connectivity index (χ4v) is 1.99. The summed E-state index contributed by atoms with van der Waals surface area (Å²) in [5.41, 5.74) is 12.8. The van der Waals surface area contributed by atoms with Gasteiger partial charge in [-0.2, -0.15) is 0 Å². The summed E-state index contributed by atoms with van der Waals surface area (Å²) < 4.78 is 16.5. The number of nitrogens with two attached hydrogens (primary N) is 2. The SMILES string of the molecule is CCOC1OC1Nc1c(Oc2ccc(N)cc2)ccnc1N. The Balaban J connectivity index is 1.76. The molecule has 0 saturated carbocycles. The Labute approximate surface area is 128 Å². The zero-order valence-electron chi connectivity index (χ0n) is 12.2. The van der Waals surface area contributed by atoms with Crippen LogP contribution < -0.4 is 21.5 Å². The fraction of sp³-hybridized carbons (Fsp3) is 0.267. The molecule has 1 aromatic carbocycles. The van der Waals surface area contributed by atoms with E-state index in [2.05, 4.69) is 10.3 Å². The van der Waals surface area contributed by atoms with Gasteiger partial charge in [-0.15, -0.1) is 0 Å². The van der Waals surface area contributed by atoms with Gasteiger partial charge in [0.15, 0.2) is 17.8 Å². The molecule has 2 heterocycles. The van der Waals surface area contributed by atoms with E-state index in [4.69, 9.17) is 25.7 Å². The second kappa shape index (κ2) is 6.08. The van der Waals surface area contributed by atoms with E-state index < -0.39 is 0 Å². The molecule has 2 unspecified atom stereocenters. The van der Waals surface area contributed by atoms with Crippen molar-refractivity contribution in [2.45, 2.75) is 19.4 Å². The lowest BCUT2D eigenvalue weighted by Crippen LogP contribution is -2.12. The molecule has 0 radical (unpaired) electrons. The van der Waals surface area contributed by atoms with Crippen LogP contribution in [-0.2, 0) is 9.47 Å². The Morgan fingerprint density at radius 2 is 2.00 bits per heavy atom. The number of epoxide rings is 1. The maximum atomic E-state index is 5.92. The fourth-order valence-electron chi connectivity index (χ4n) is 1.99. The topological polar surface area (TPSA) is 108 Å². The maximum absolute atomic E-state index is 5.92. The number of ether oxygens (including phenoxy) is 3. The van der Waals surface area contributed by atoms with Crippen molar-refractivity contribution in [1.82, 2.24) is 4.98 Å². The second-order valence-corrected chi connectivity index (χ2v) is 4.77. The minimum atomic E-state index is -0.269. The Morgan fingerprint density at radius 1 is 1.23 bits per heavy atom. The smallest absolute Gasteiger partial charge is 0.205 e. The van der Waals surface area contributed by atoms with Crippen molar-refractivity contribution in [3.8, 4) is 11.5 Å². The van der Waals surface area contributed by atoms with Crippen molar-refractivity contribution < 1.29 is 14.2 Å². The van der Waals surface area contributed by atoms with E-state index >= 15 is 0 Å². The molecular formula is C15H18N4O3. The molecule has 22 heavy (non-hydrogen) atoms. The first kappa shape index (κ1) is 14.4. The highest BCUT2D eigenvalue weighted by molar-refractivity contribution is 5.71. The first-order chi connectivity index (χ1) is 10.7. The van der Waals surface area contributed by atoms with Gasteiger partial charge in [0.1, 0.15) is 11.4 Å². The van der Waals surface area contributed by atoms with Gasteiger partial charge >= 0.3 is 0 Å². The summed E-state index contributed by atoms with van der Waals surface area (Å²) >= 11 is 0. The van der Waals surface area contributed by atoms with Crippen LogP contribution in [0.1, 0.15) is 6.92 Å². The third kappa shape index (κ3) is 3.21. The highest BCUT2D eigenvalue weighted by Crippen LogP contribution is 2.36. The van der Waals surface area contributed by atoms with Gasteiger partial charge in [-0.25, -0.2) is 4.98 Å². The van der Waals surface area contributed by atoms with Crippen LogP contribution in [0.5, 0.6) is 11.5 Å². The van der Waals surface area contributed by atoms with Crippen LogP contribution in [0.15, 0.2) is 36.5 Å². The number of pyridine rings is 1. The van der Waals surface area contributed by atoms with Gasteiger partial charge in [0.05, 0.1) is 0 Å². The van der Waals surface area contributed by atoms with Crippen molar-refractivity contribution in [2.75, 3.05) is 23.4 Å². The molecule has 1 aliphatic heterocycles. The zero-order chi connectivity index (χ0) is 15.5. The molecule has 5 N–H and O–H groups in total. The summed E-state index contributed by atoms with van der Waals surface area (Å²) in [6.07, 6.45) is 1.06. The van der Waals surface area contributed by atoms with E-state index in [1.54, 1.807) is 36.5 Å². The lowest BCUT2D eigenvalue weighted by atomic mass is 10.3.